The summed E-state index contributed by atoms with van der Waals surface area (Å²) in [4.78, 5) is 3.85. The van der Waals surface area contributed by atoms with Gasteiger partial charge in [-0.15, -0.1) is 17.9 Å². The summed E-state index contributed by atoms with van der Waals surface area (Å²) in [5, 5.41) is 6.40. The van der Waals surface area contributed by atoms with E-state index in [1.165, 1.54) is 4.88 Å². The van der Waals surface area contributed by atoms with Crippen molar-refractivity contribution in [3.8, 4) is 0 Å². The lowest BCUT2D eigenvalue weighted by molar-refractivity contribution is 0.168. The van der Waals surface area contributed by atoms with Gasteiger partial charge >= 0.3 is 0 Å². The van der Waals surface area contributed by atoms with Crippen LogP contribution in [0.2, 0.25) is 5.02 Å². The molecule has 2 heterocycles. The van der Waals surface area contributed by atoms with Crippen LogP contribution in [-0.2, 0) is 0 Å². The second-order valence-corrected chi connectivity index (χ2v) is 5.66. The van der Waals surface area contributed by atoms with Crippen molar-refractivity contribution in [2.45, 2.75) is 18.9 Å². The molecule has 0 saturated carbocycles. The van der Waals surface area contributed by atoms with Crippen molar-refractivity contribution in [1.29, 1.82) is 0 Å². The van der Waals surface area contributed by atoms with E-state index in [-0.39, 0.29) is 0 Å². The summed E-state index contributed by atoms with van der Waals surface area (Å²) >= 11 is 8.05. The molecule has 0 aliphatic carbocycles. The van der Waals surface area contributed by atoms with Crippen LogP contribution in [-0.4, -0.2) is 31.1 Å². The van der Waals surface area contributed by atoms with Crippen LogP contribution in [0.5, 0.6) is 0 Å². The standard InChI is InChI=1S/C13H19ClN2S/c1-2-3-4-12(13-11(14)5-10-17-13)16-8-6-15-7-9-16/h2,5,10,12,15H,1,3-4,6-9H2/t12-/m1/s1. The van der Waals surface area contributed by atoms with Crippen molar-refractivity contribution in [3.05, 3.63) is 34.0 Å². The van der Waals surface area contributed by atoms with Gasteiger partial charge < -0.3 is 5.32 Å². The van der Waals surface area contributed by atoms with Crippen molar-refractivity contribution in [2.75, 3.05) is 26.2 Å². The highest BCUT2D eigenvalue weighted by molar-refractivity contribution is 7.10. The molecule has 4 heteroatoms. The van der Waals surface area contributed by atoms with Gasteiger partial charge in [-0.3, -0.25) is 4.90 Å². The zero-order valence-corrected chi connectivity index (χ0v) is 11.6. The minimum Gasteiger partial charge on any atom is -0.314 e. The van der Waals surface area contributed by atoms with Crippen molar-refractivity contribution in [2.24, 2.45) is 0 Å². The van der Waals surface area contributed by atoms with Crippen molar-refractivity contribution < 1.29 is 0 Å². The van der Waals surface area contributed by atoms with Crippen molar-refractivity contribution in [3.63, 3.8) is 0 Å². The molecule has 1 aromatic rings. The molecule has 1 saturated heterocycles. The van der Waals surface area contributed by atoms with E-state index in [0.29, 0.717) is 6.04 Å². The number of halogens is 1. The summed E-state index contributed by atoms with van der Waals surface area (Å²) in [6.45, 7) is 8.19. The second-order valence-electron chi connectivity index (χ2n) is 4.30. The van der Waals surface area contributed by atoms with E-state index in [1.54, 1.807) is 11.3 Å². The van der Waals surface area contributed by atoms with Gasteiger partial charge in [-0.2, -0.15) is 0 Å². The monoisotopic (exact) mass is 270 g/mol. The molecule has 1 aromatic heterocycles. The Balaban J connectivity index is 2.12. The van der Waals surface area contributed by atoms with E-state index in [2.05, 4.69) is 22.2 Å². The quantitative estimate of drug-likeness (QED) is 0.826. The average Bonchev–Trinajstić information content (AvgIpc) is 2.78. The number of hydrogen-bond donors (Lipinski definition) is 1. The molecule has 0 radical (unpaired) electrons. The van der Waals surface area contributed by atoms with Crippen LogP contribution in [0.15, 0.2) is 24.1 Å². The number of piperazine rings is 1. The first kappa shape index (κ1) is 13.1. The van der Waals surface area contributed by atoms with Gasteiger partial charge in [0.25, 0.3) is 0 Å². The van der Waals surface area contributed by atoms with Crippen molar-refractivity contribution >= 4 is 22.9 Å². The van der Waals surface area contributed by atoms with Gasteiger partial charge in [-0.25, -0.2) is 0 Å². The molecule has 1 aliphatic heterocycles. The molecule has 0 bridgehead atoms. The minimum atomic E-state index is 0.461. The fourth-order valence-corrected chi connectivity index (χ4v) is 3.64. The average molecular weight is 271 g/mol. The van der Waals surface area contributed by atoms with Crippen LogP contribution in [0.3, 0.4) is 0 Å². The Bertz CT molecular complexity index is 358. The molecule has 0 amide bonds. The molecule has 2 nitrogen and oxygen atoms in total. The summed E-state index contributed by atoms with van der Waals surface area (Å²) in [5.74, 6) is 0. The van der Waals surface area contributed by atoms with Crippen molar-refractivity contribution in [1.82, 2.24) is 10.2 Å². The molecular formula is C13H19ClN2S. The van der Waals surface area contributed by atoms with Gasteiger partial charge in [0, 0.05) is 37.1 Å². The molecule has 1 aliphatic rings. The smallest absolute Gasteiger partial charge is 0.0561 e. The zero-order chi connectivity index (χ0) is 12.1. The molecule has 94 valence electrons. The maximum Gasteiger partial charge on any atom is 0.0561 e. The van der Waals surface area contributed by atoms with Gasteiger partial charge in [-0.1, -0.05) is 17.7 Å². The third-order valence-corrected chi connectivity index (χ3v) is 4.64. The predicted molar refractivity (Wildman–Crippen MR) is 75.9 cm³/mol. The van der Waals surface area contributed by atoms with Crippen LogP contribution in [0.4, 0.5) is 0 Å². The van der Waals surface area contributed by atoms with Crippen LogP contribution in [0.25, 0.3) is 0 Å². The summed E-state index contributed by atoms with van der Waals surface area (Å²) in [6, 6.07) is 2.47. The third-order valence-electron chi connectivity index (χ3n) is 3.18. The summed E-state index contributed by atoms with van der Waals surface area (Å²) in [5.41, 5.74) is 0. The molecule has 0 aromatic carbocycles. The lowest BCUT2D eigenvalue weighted by Crippen LogP contribution is -2.45. The highest BCUT2D eigenvalue weighted by Crippen LogP contribution is 2.35. The van der Waals surface area contributed by atoms with Crippen LogP contribution in [0, 0.1) is 0 Å². The Morgan fingerprint density at radius 2 is 2.29 bits per heavy atom. The first-order valence-corrected chi connectivity index (χ1v) is 7.37. The number of nitrogens with zero attached hydrogens (tertiary/aromatic N) is 1. The lowest BCUT2D eigenvalue weighted by atomic mass is 10.1. The Morgan fingerprint density at radius 3 is 2.88 bits per heavy atom. The number of hydrogen-bond acceptors (Lipinski definition) is 3. The fourth-order valence-electron chi connectivity index (χ4n) is 2.29. The van der Waals surface area contributed by atoms with E-state index in [4.69, 9.17) is 11.6 Å². The van der Waals surface area contributed by atoms with E-state index in [9.17, 15) is 0 Å². The third kappa shape index (κ3) is 3.32. The molecule has 1 fully saturated rings. The Morgan fingerprint density at radius 1 is 1.53 bits per heavy atom. The van der Waals surface area contributed by atoms with Gasteiger partial charge in [0.15, 0.2) is 0 Å². The number of thiophene rings is 1. The first-order chi connectivity index (χ1) is 8.33. The maximum absolute atomic E-state index is 6.27. The molecular weight excluding hydrogens is 252 g/mol. The number of rotatable bonds is 5. The van der Waals surface area contributed by atoms with Gasteiger partial charge in [0.1, 0.15) is 0 Å². The predicted octanol–water partition coefficient (Wildman–Crippen LogP) is 3.31. The molecule has 1 N–H and O–H groups in total. The van der Waals surface area contributed by atoms with Gasteiger partial charge in [-0.05, 0) is 24.3 Å². The molecule has 2 rings (SSSR count). The summed E-state index contributed by atoms with van der Waals surface area (Å²) in [7, 11) is 0. The fraction of sp³-hybridized carbons (Fsp3) is 0.538. The molecule has 0 unspecified atom stereocenters. The van der Waals surface area contributed by atoms with E-state index in [1.807, 2.05) is 12.1 Å². The van der Waals surface area contributed by atoms with Crippen LogP contribution < -0.4 is 5.32 Å². The molecule has 1 atom stereocenters. The van der Waals surface area contributed by atoms with Gasteiger partial charge in [0.05, 0.1) is 5.02 Å². The Labute approximate surface area is 112 Å². The van der Waals surface area contributed by atoms with E-state index >= 15 is 0 Å². The second kappa shape index (κ2) is 6.55. The number of allylic oxidation sites excluding steroid dienone is 1. The Kier molecular flexibility index (Phi) is 5.04. The molecule has 0 spiro atoms. The number of nitrogens with one attached hydrogen (secondary N) is 1. The zero-order valence-electron chi connectivity index (χ0n) is 9.99. The van der Waals surface area contributed by atoms with E-state index in [0.717, 1.165) is 44.0 Å². The van der Waals surface area contributed by atoms with Gasteiger partial charge in [0.2, 0.25) is 0 Å². The summed E-state index contributed by atoms with van der Waals surface area (Å²) in [6.07, 6.45) is 4.16. The highest BCUT2D eigenvalue weighted by atomic mass is 35.5. The van der Waals surface area contributed by atoms with E-state index < -0.39 is 0 Å². The SMILES string of the molecule is C=CCC[C@H](c1sccc1Cl)N1CCNCC1. The summed E-state index contributed by atoms with van der Waals surface area (Å²) < 4.78 is 0. The normalized spacial score (nSPS) is 19.1. The van der Waals surface area contributed by atoms with Crippen LogP contribution in [0.1, 0.15) is 23.8 Å². The van der Waals surface area contributed by atoms with Crippen LogP contribution >= 0.6 is 22.9 Å². The Hall–Kier alpha value is -0.350. The highest BCUT2D eigenvalue weighted by Gasteiger charge is 2.24. The minimum absolute atomic E-state index is 0.461. The maximum atomic E-state index is 6.27. The molecule has 17 heavy (non-hydrogen) atoms. The first-order valence-electron chi connectivity index (χ1n) is 6.11. The largest absolute Gasteiger partial charge is 0.314 e. The topological polar surface area (TPSA) is 15.3 Å². The lowest BCUT2D eigenvalue weighted by Gasteiger charge is -2.34.